The molecule has 1 aromatic carbocycles. The van der Waals surface area contributed by atoms with Gasteiger partial charge in [0, 0.05) is 13.0 Å². The Hall–Kier alpha value is -2.21. The molecule has 0 radical (unpaired) electrons. The molecule has 174 valence electrons. The van der Waals surface area contributed by atoms with E-state index in [1.807, 2.05) is 6.07 Å². The summed E-state index contributed by atoms with van der Waals surface area (Å²) in [4.78, 5) is 14.2. The van der Waals surface area contributed by atoms with Crippen molar-refractivity contribution in [3.8, 4) is 0 Å². The molecule has 0 spiro atoms. The maximum absolute atomic E-state index is 12.9. The molecule has 2 saturated heterocycles. The number of carbonyl (C=O) groups excluding carboxylic acids is 1. The fraction of sp³-hybridized carbons (Fsp3) is 0.476. The van der Waals surface area contributed by atoms with Crippen LogP contribution in [0.15, 0.2) is 52.0 Å². The molecule has 11 heteroatoms. The largest absolute Gasteiger partial charge is 0.468 e. The maximum atomic E-state index is 12.9. The number of nitrogens with one attached hydrogen (secondary N) is 1. The Bertz CT molecular complexity index is 1140. The number of amides is 1. The van der Waals surface area contributed by atoms with Gasteiger partial charge in [-0.15, -0.1) is 0 Å². The van der Waals surface area contributed by atoms with Gasteiger partial charge in [-0.3, -0.25) is 9.69 Å². The van der Waals surface area contributed by atoms with Gasteiger partial charge in [0.2, 0.25) is 26.0 Å². The van der Waals surface area contributed by atoms with E-state index in [2.05, 4.69) is 9.62 Å². The lowest BCUT2D eigenvalue weighted by atomic mass is 10.2. The SMILES string of the molecule is O=C1CCS(=O)(=O)N1c1ccc(S(=O)(=O)NCC(c2ccco2)N2CCCCCC2)cc1. The number of benzene rings is 1. The molecule has 2 aliphatic heterocycles. The summed E-state index contributed by atoms with van der Waals surface area (Å²) in [6.45, 7) is 1.90. The van der Waals surface area contributed by atoms with Crippen LogP contribution in [0.4, 0.5) is 5.69 Å². The number of rotatable bonds is 7. The van der Waals surface area contributed by atoms with E-state index < -0.39 is 26.0 Å². The number of sulfonamides is 2. The van der Waals surface area contributed by atoms with Crippen LogP contribution in [0.3, 0.4) is 0 Å². The van der Waals surface area contributed by atoms with Gasteiger partial charge in [-0.05, 0) is 62.3 Å². The first kappa shape index (κ1) is 23.0. The number of carbonyl (C=O) groups is 1. The Morgan fingerprint density at radius 3 is 2.28 bits per heavy atom. The minimum atomic E-state index is -3.85. The zero-order valence-corrected chi connectivity index (χ0v) is 19.3. The lowest BCUT2D eigenvalue weighted by Gasteiger charge is -2.29. The molecule has 1 unspecified atom stereocenters. The molecule has 3 heterocycles. The van der Waals surface area contributed by atoms with Crippen LogP contribution in [-0.4, -0.2) is 53.0 Å². The van der Waals surface area contributed by atoms with Crippen LogP contribution in [0.5, 0.6) is 0 Å². The molecule has 2 fully saturated rings. The van der Waals surface area contributed by atoms with Crippen molar-refractivity contribution >= 4 is 31.6 Å². The molecule has 0 saturated carbocycles. The summed E-state index contributed by atoms with van der Waals surface area (Å²) in [6, 6.07) is 8.74. The Morgan fingerprint density at radius 2 is 1.72 bits per heavy atom. The van der Waals surface area contributed by atoms with Crippen LogP contribution >= 0.6 is 0 Å². The number of hydrogen-bond acceptors (Lipinski definition) is 7. The molecule has 2 aromatic rings. The van der Waals surface area contributed by atoms with Gasteiger partial charge >= 0.3 is 0 Å². The van der Waals surface area contributed by atoms with E-state index in [0.29, 0.717) is 5.76 Å². The summed E-state index contributed by atoms with van der Waals surface area (Å²) in [5, 5.41) is 0. The van der Waals surface area contributed by atoms with Gasteiger partial charge in [-0.25, -0.2) is 25.9 Å². The summed E-state index contributed by atoms with van der Waals surface area (Å²) in [6.07, 6.45) is 5.95. The Kier molecular flexibility index (Phi) is 6.70. The van der Waals surface area contributed by atoms with E-state index in [4.69, 9.17) is 4.42 Å². The third-order valence-electron chi connectivity index (χ3n) is 5.88. The third kappa shape index (κ3) is 4.90. The van der Waals surface area contributed by atoms with Crippen molar-refractivity contribution in [2.45, 2.75) is 43.0 Å². The predicted molar refractivity (Wildman–Crippen MR) is 119 cm³/mol. The molecule has 0 aliphatic carbocycles. The van der Waals surface area contributed by atoms with Crippen molar-refractivity contribution in [1.29, 1.82) is 0 Å². The second-order valence-corrected chi connectivity index (χ2v) is 11.8. The summed E-state index contributed by atoms with van der Waals surface area (Å²) in [5.74, 6) is -0.0434. The highest BCUT2D eigenvalue weighted by atomic mass is 32.2. The standard InChI is InChI=1S/C21H27N3O6S2/c25-21-11-15-31(26,27)24(21)17-7-9-18(10-8-17)32(28,29)22-16-19(20-6-5-14-30-20)23-12-3-1-2-4-13-23/h5-10,14,19,22H,1-4,11-13,15-16H2. The molecule has 4 rings (SSSR count). The van der Waals surface area contributed by atoms with E-state index in [9.17, 15) is 21.6 Å². The number of anilines is 1. The molecular weight excluding hydrogens is 454 g/mol. The molecular formula is C21H27N3O6S2. The van der Waals surface area contributed by atoms with Crippen LogP contribution in [0.25, 0.3) is 0 Å². The zero-order chi connectivity index (χ0) is 22.8. The molecule has 1 N–H and O–H groups in total. The van der Waals surface area contributed by atoms with Crippen LogP contribution in [0.1, 0.15) is 43.9 Å². The second-order valence-electron chi connectivity index (χ2n) is 8.05. The van der Waals surface area contributed by atoms with Crippen molar-refractivity contribution in [3.63, 3.8) is 0 Å². The highest BCUT2D eigenvalue weighted by Gasteiger charge is 2.36. The maximum Gasteiger partial charge on any atom is 0.242 e. The van der Waals surface area contributed by atoms with Crippen molar-refractivity contribution in [3.05, 3.63) is 48.4 Å². The van der Waals surface area contributed by atoms with Crippen molar-refractivity contribution in [2.24, 2.45) is 0 Å². The van der Waals surface area contributed by atoms with Crippen molar-refractivity contribution in [2.75, 3.05) is 29.7 Å². The Morgan fingerprint density at radius 1 is 1.03 bits per heavy atom. The van der Waals surface area contributed by atoms with Gasteiger partial charge in [0.15, 0.2) is 0 Å². The van der Waals surface area contributed by atoms with Gasteiger partial charge in [-0.1, -0.05) is 12.8 Å². The normalized spacial score (nSPS) is 20.9. The molecule has 32 heavy (non-hydrogen) atoms. The Labute approximate surface area is 188 Å². The molecule has 1 amide bonds. The summed E-state index contributed by atoms with van der Waals surface area (Å²) >= 11 is 0. The van der Waals surface area contributed by atoms with Gasteiger partial charge in [0.1, 0.15) is 5.76 Å². The average molecular weight is 482 g/mol. The fourth-order valence-electron chi connectivity index (χ4n) is 4.20. The highest BCUT2D eigenvalue weighted by Crippen LogP contribution is 2.27. The fourth-order valence-corrected chi connectivity index (χ4v) is 6.70. The highest BCUT2D eigenvalue weighted by molar-refractivity contribution is 7.94. The van der Waals surface area contributed by atoms with E-state index in [1.165, 1.54) is 24.3 Å². The molecule has 0 bridgehead atoms. The Balaban J connectivity index is 1.50. The minimum Gasteiger partial charge on any atom is -0.468 e. The lowest BCUT2D eigenvalue weighted by Crippen LogP contribution is -2.38. The molecule has 1 atom stereocenters. The molecule has 9 nitrogen and oxygen atoms in total. The van der Waals surface area contributed by atoms with Gasteiger partial charge in [-0.2, -0.15) is 0 Å². The monoisotopic (exact) mass is 481 g/mol. The topological polar surface area (TPSA) is 117 Å². The lowest BCUT2D eigenvalue weighted by molar-refractivity contribution is -0.116. The zero-order valence-electron chi connectivity index (χ0n) is 17.6. The van der Waals surface area contributed by atoms with Gasteiger partial charge in [0.05, 0.1) is 28.6 Å². The number of hydrogen-bond donors (Lipinski definition) is 1. The van der Waals surface area contributed by atoms with Crippen LogP contribution < -0.4 is 9.03 Å². The smallest absolute Gasteiger partial charge is 0.242 e. The summed E-state index contributed by atoms with van der Waals surface area (Å²) in [7, 11) is -7.54. The van der Waals surface area contributed by atoms with Crippen molar-refractivity contribution in [1.82, 2.24) is 9.62 Å². The minimum absolute atomic E-state index is 0.000597. The number of likely N-dealkylation sites (tertiary alicyclic amines) is 1. The first-order chi connectivity index (χ1) is 15.3. The second kappa shape index (κ2) is 9.34. The first-order valence-electron chi connectivity index (χ1n) is 10.7. The average Bonchev–Trinajstić information content (AvgIpc) is 3.28. The van der Waals surface area contributed by atoms with Crippen LogP contribution in [0.2, 0.25) is 0 Å². The predicted octanol–water partition coefficient (Wildman–Crippen LogP) is 2.24. The quantitative estimate of drug-likeness (QED) is 0.644. The van der Waals surface area contributed by atoms with Crippen LogP contribution in [-0.2, 0) is 24.8 Å². The number of furan rings is 1. The summed E-state index contributed by atoms with van der Waals surface area (Å²) in [5.41, 5.74) is 0.143. The van der Waals surface area contributed by atoms with E-state index in [1.54, 1.807) is 12.3 Å². The number of nitrogens with zero attached hydrogens (tertiary/aromatic N) is 2. The first-order valence-corrected chi connectivity index (χ1v) is 13.8. The third-order valence-corrected chi connectivity index (χ3v) is 9.01. The van der Waals surface area contributed by atoms with E-state index in [0.717, 1.165) is 43.1 Å². The van der Waals surface area contributed by atoms with E-state index in [-0.39, 0.29) is 35.3 Å². The van der Waals surface area contributed by atoms with Gasteiger partial charge in [0.25, 0.3) is 0 Å². The van der Waals surface area contributed by atoms with Crippen molar-refractivity contribution < 1.29 is 26.0 Å². The van der Waals surface area contributed by atoms with Gasteiger partial charge < -0.3 is 4.42 Å². The molecule has 2 aliphatic rings. The van der Waals surface area contributed by atoms with Crippen LogP contribution in [0, 0.1) is 0 Å². The van der Waals surface area contributed by atoms with E-state index >= 15 is 0 Å². The molecule has 1 aromatic heterocycles. The summed E-state index contributed by atoms with van der Waals surface area (Å²) < 4.78 is 59.0.